The van der Waals surface area contributed by atoms with Gasteiger partial charge in [-0.25, -0.2) is 4.39 Å². The van der Waals surface area contributed by atoms with Gasteiger partial charge in [-0.15, -0.1) is 0 Å². The molecule has 4 heteroatoms. The number of halogens is 1. The van der Waals surface area contributed by atoms with Crippen LogP contribution in [0.2, 0.25) is 0 Å². The van der Waals surface area contributed by atoms with Gasteiger partial charge in [0, 0.05) is 12.1 Å². The Morgan fingerprint density at radius 2 is 2.00 bits per heavy atom. The van der Waals surface area contributed by atoms with Gasteiger partial charge in [0.15, 0.2) is 11.5 Å². The van der Waals surface area contributed by atoms with Crippen molar-refractivity contribution >= 4 is 0 Å². The maximum Gasteiger partial charge on any atom is 0.164 e. The molecule has 1 rings (SSSR count). The van der Waals surface area contributed by atoms with Crippen molar-refractivity contribution < 1.29 is 13.9 Å². The van der Waals surface area contributed by atoms with Crippen LogP contribution in [0.5, 0.6) is 11.5 Å². The number of ether oxygens (including phenoxy) is 2. The lowest BCUT2D eigenvalue weighted by atomic mass is 10.2. The van der Waals surface area contributed by atoms with Crippen LogP contribution in [-0.4, -0.2) is 13.2 Å². The Kier molecular flexibility index (Phi) is 3.51. The fourth-order valence-corrected chi connectivity index (χ4v) is 1.13. The number of benzene rings is 1. The summed E-state index contributed by atoms with van der Waals surface area (Å²) in [6.45, 7) is 3.66. The minimum atomic E-state index is -0.603. The van der Waals surface area contributed by atoms with Crippen LogP contribution in [-0.2, 0) is 0 Å². The second-order valence-corrected chi connectivity index (χ2v) is 3.26. The predicted octanol–water partition coefficient (Wildman–Crippen LogP) is 2.49. The zero-order valence-electron chi connectivity index (χ0n) is 8.87. The van der Waals surface area contributed by atoms with E-state index in [2.05, 4.69) is 0 Å². The molecule has 3 nitrogen and oxygen atoms in total. The van der Waals surface area contributed by atoms with Gasteiger partial charge in [-0.3, -0.25) is 0 Å². The second kappa shape index (κ2) is 4.65. The molecule has 1 aromatic rings. The van der Waals surface area contributed by atoms with Crippen LogP contribution in [0.1, 0.15) is 19.4 Å². The molecule has 15 heavy (non-hydrogen) atoms. The highest BCUT2D eigenvalue weighted by Crippen LogP contribution is 2.30. The molecule has 0 bridgehead atoms. The quantitative estimate of drug-likeness (QED) is 0.768. The minimum absolute atomic E-state index is 0.0528. The van der Waals surface area contributed by atoms with Gasteiger partial charge >= 0.3 is 0 Å². The summed E-state index contributed by atoms with van der Waals surface area (Å²) in [7, 11) is 1.45. The van der Waals surface area contributed by atoms with Gasteiger partial charge < -0.3 is 9.47 Å². The van der Waals surface area contributed by atoms with E-state index in [-0.39, 0.29) is 11.7 Å². The van der Waals surface area contributed by atoms with E-state index in [0.29, 0.717) is 11.5 Å². The Hall–Kier alpha value is -1.76. The van der Waals surface area contributed by atoms with Crippen LogP contribution in [0, 0.1) is 17.1 Å². The SMILES string of the molecule is COc1cc(C#N)c(F)cc1OC(C)C. The Morgan fingerprint density at radius 1 is 1.33 bits per heavy atom. The molecule has 0 atom stereocenters. The summed E-state index contributed by atoms with van der Waals surface area (Å²) >= 11 is 0. The van der Waals surface area contributed by atoms with Crippen molar-refractivity contribution in [2.24, 2.45) is 0 Å². The van der Waals surface area contributed by atoms with Crippen molar-refractivity contribution in [1.29, 1.82) is 5.26 Å². The number of nitriles is 1. The molecule has 0 fully saturated rings. The third-order valence-corrected chi connectivity index (χ3v) is 1.74. The smallest absolute Gasteiger partial charge is 0.164 e. The largest absolute Gasteiger partial charge is 0.493 e. The maximum atomic E-state index is 13.3. The van der Waals surface area contributed by atoms with E-state index in [1.54, 1.807) is 6.07 Å². The van der Waals surface area contributed by atoms with Crippen molar-refractivity contribution in [1.82, 2.24) is 0 Å². The Bertz CT molecular complexity index is 396. The number of rotatable bonds is 3. The maximum absolute atomic E-state index is 13.3. The van der Waals surface area contributed by atoms with E-state index in [0.717, 1.165) is 6.07 Å². The van der Waals surface area contributed by atoms with E-state index < -0.39 is 5.82 Å². The average Bonchev–Trinajstić information content (AvgIpc) is 2.17. The van der Waals surface area contributed by atoms with Crippen molar-refractivity contribution in [3.63, 3.8) is 0 Å². The third-order valence-electron chi connectivity index (χ3n) is 1.74. The molecular weight excluding hydrogens is 197 g/mol. The zero-order chi connectivity index (χ0) is 11.4. The molecule has 0 saturated carbocycles. The highest BCUT2D eigenvalue weighted by atomic mass is 19.1. The summed E-state index contributed by atoms with van der Waals surface area (Å²) in [5.74, 6) is 0.0691. The first-order valence-corrected chi connectivity index (χ1v) is 4.52. The van der Waals surface area contributed by atoms with Gasteiger partial charge in [-0.1, -0.05) is 0 Å². The van der Waals surface area contributed by atoms with Gasteiger partial charge in [0.25, 0.3) is 0 Å². The highest BCUT2D eigenvalue weighted by Gasteiger charge is 2.12. The van der Waals surface area contributed by atoms with Crippen molar-refractivity contribution in [3.05, 3.63) is 23.5 Å². The summed E-state index contributed by atoms with van der Waals surface area (Å²) in [5, 5.41) is 8.62. The summed E-state index contributed by atoms with van der Waals surface area (Å²) in [4.78, 5) is 0. The molecule has 0 saturated heterocycles. The van der Waals surface area contributed by atoms with Gasteiger partial charge in [0.2, 0.25) is 0 Å². The Balaban J connectivity index is 3.16. The van der Waals surface area contributed by atoms with E-state index in [9.17, 15) is 4.39 Å². The van der Waals surface area contributed by atoms with Crippen molar-refractivity contribution in [3.8, 4) is 17.6 Å². The lowest BCUT2D eigenvalue weighted by Crippen LogP contribution is -2.07. The van der Waals surface area contributed by atoms with Crippen LogP contribution in [0.15, 0.2) is 12.1 Å². The zero-order valence-corrected chi connectivity index (χ0v) is 8.87. The summed E-state index contributed by atoms with van der Waals surface area (Å²) in [5.41, 5.74) is -0.0528. The second-order valence-electron chi connectivity index (χ2n) is 3.26. The van der Waals surface area contributed by atoms with Crippen molar-refractivity contribution in [2.45, 2.75) is 20.0 Å². The third kappa shape index (κ3) is 2.59. The topological polar surface area (TPSA) is 42.2 Å². The summed E-state index contributed by atoms with van der Waals surface area (Å²) in [6, 6.07) is 4.23. The van der Waals surface area contributed by atoms with E-state index in [1.165, 1.54) is 13.2 Å². The van der Waals surface area contributed by atoms with Gasteiger partial charge in [0.1, 0.15) is 11.9 Å². The number of nitrogens with zero attached hydrogens (tertiary/aromatic N) is 1. The first-order valence-electron chi connectivity index (χ1n) is 4.52. The normalized spacial score (nSPS) is 9.87. The highest BCUT2D eigenvalue weighted by molar-refractivity contribution is 5.47. The molecule has 0 aromatic heterocycles. The first kappa shape index (κ1) is 11.3. The van der Waals surface area contributed by atoms with Gasteiger partial charge in [-0.2, -0.15) is 5.26 Å². The Morgan fingerprint density at radius 3 is 2.47 bits per heavy atom. The minimum Gasteiger partial charge on any atom is -0.493 e. The molecule has 0 aliphatic carbocycles. The predicted molar refractivity (Wildman–Crippen MR) is 53.4 cm³/mol. The fraction of sp³-hybridized carbons (Fsp3) is 0.364. The Labute approximate surface area is 88.0 Å². The molecule has 1 aromatic carbocycles. The number of hydrogen-bond donors (Lipinski definition) is 0. The molecule has 0 amide bonds. The molecule has 0 radical (unpaired) electrons. The van der Waals surface area contributed by atoms with Gasteiger partial charge in [-0.05, 0) is 13.8 Å². The molecule has 80 valence electrons. The first-order chi connectivity index (χ1) is 7.08. The molecule has 0 heterocycles. The molecule has 0 N–H and O–H groups in total. The summed E-state index contributed by atoms with van der Waals surface area (Å²) in [6.07, 6.45) is -0.0776. The number of methoxy groups -OCH3 is 1. The van der Waals surface area contributed by atoms with Crippen LogP contribution < -0.4 is 9.47 Å². The summed E-state index contributed by atoms with van der Waals surface area (Å²) < 4.78 is 23.6. The van der Waals surface area contributed by atoms with E-state index in [4.69, 9.17) is 14.7 Å². The van der Waals surface area contributed by atoms with Crippen LogP contribution in [0.4, 0.5) is 4.39 Å². The monoisotopic (exact) mass is 209 g/mol. The number of hydrogen-bond acceptors (Lipinski definition) is 3. The standard InChI is InChI=1S/C11H12FNO2/c1-7(2)15-11-5-9(12)8(6-13)4-10(11)14-3/h4-5,7H,1-3H3. The van der Waals surface area contributed by atoms with E-state index in [1.807, 2.05) is 13.8 Å². The molecule has 0 aliphatic heterocycles. The van der Waals surface area contributed by atoms with Crippen molar-refractivity contribution in [2.75, 3.05) is 7.11 Å². The van der Waals surface area contributed by atoms with Crippen LogP contribution >= 0.6 is 0 Å². The molecule has 0 spiro atoms. The van der Waals surface area contributed by atoms with E-state index >= 15 is 0 Å². The average molecular weight is 209 g/mol. The molecule has 0 unspecified atom stereocenters. The lowest BCUT2D eigenvalue weighted by Gasteiger charge is -2.13. The lowest BCUT2D eigenvalue weighted by molar-refractivity contribution is 0.229. The van der Waals surface area contributed by atoms with Gasteiger partial charge in [0.05, 0.1) is 18.8 Å². The molecule has 0 aliphatic rings. The van der Waals surface area contributed by atoms with Crippen LogP contribution in [0.3, 0.4) is 0 Å². The fourth-order valence-electron chi connectivity index (χ4n) is 1.13. The molecular formula is C11H12FNO2. The van der Waals surface area contributed by atoms with Crippen LogP contribution in [0.25, 0.3) is 0 Å².